The summed E-state index contributed by atoms with van der Waals surface area (Å²) in [7, 11) is 0. The van der Waals surface area contributed by atoms with E-state index in [0.717, 1.165) is 24.2 Å². The molecule has 0 bridgehead atoms. The summed E-state index contributed by atoms with van der Waals surface area (Å²) < 4.78 is 1.99. The van der Waals surface area contributed by atoms with Crippen LogP contribution in [0.15, 0.2) is 30.6 Å². The molecule has 1 aliphatic carbocycles. The zero-order valence-electron chi connectivity index (χ0n) is 11.5. The first-order valence-electron chi connectivity index (χ1n) is 7.41. The molecule has 3 nitrogen and oxygen atoms in total. The molecule has 1 fully saturated rings. The molecule has 3 unspecified atom stereocenters. The maximum absolute atomic E-state index is 10.7. The Morgan fingerprint density at radius 2 is 2.21 bits per heavy atom. The minimum Gasteiger partial charge on any atom is -0.386 e. The molecule has 1 aliphatic rings. The Bertz CT molecular complexity index is 515. The summed E-state index contributed by atoms with van der Waals surface area (Å²) in [5, 5.41) is 10.7. The number of pyridine rings is 1. The number of rotatable bonds is 3. The van der Waals surface area contributed by atoms with E-state index in [4.69, 9.17) is 0 Å². The zero-order valence-corrected chi connectivity index (χ0v) is 11.5. The fraction of sp³-hybridized carbons (Fsp3) is 0.562. The molecule has 3 atom stereocenters. The lowest BCUT2D eigenvalue weighted by atomic mass is 9.74. The van der Waals surface area contributed by atoms with E-state index in [9.17, 15) is 5.11 Å². The lowest BCUT2D eigenvalue weighted by Crippen LogP contribution is -2.25. The third-order valence-corrected chi connectivity index (χ3v) is 4.58. The van der Waals surface area contributed by atoms with Crippen LogP contribution < -0.4 is 0 Å². The summed E-state index contributed by atoms with van der Waals surface area (Å²) in [5.41, 5.74) is 1.75. The lowest BCUT2D eigenvalue weighted by molar-refractivity contribution is 0.0425. The van der Waals surface area contributed by atoms with E-state index in [-0.39, 0.29) is 0 Å². The lowest BCUT2D eigenvalue weighted by Gasteiger charge is -2.33. The minimum atomic E-state index is -0.412. The van der Waals surface area contributed by atoms with Crippen molar-refractivity contribution >= 4 is 5.65 Å². The molecule has 1 saturated carbocycles. The molecular weight excluding hydrogens is 236 g/mol. The van der Waals surface area contributed by atoms with E-state index < -0.39 is 6.10 Å². The molecular formula is C16H22N2O. The van der Waals surface area contributed by atoms with Crippen LogP contribution >= 0.6 is 0 Å². The Kier molecular flexibility index (Phi) is 3.56. The molecule has 3 heteroatoms. The van der Waals surface area contributed by atoms with Gasteiger partial charge in [-0.1, -0.05) is 38.7 Å². The zero-order chi connectivity index (χ0) is 13.2. The van der Waals surface area contributed by atoms with Gasteiger partial charge in [-0.05, 0) is 30.4 Å². The summed E-state index contributed by atoms with van der Waals surface area (Å²) in [5.74, 6) is 1.03. The quantitative estimate of drug-likeness (QED) is 0.913. The van der Waals surface area contributed by atoms with Crippen LogP contribution in [-0.2, 0) is 0 Å². The summed E-state index contributed by atoms with van der Waals surface area (Å²) in [6.07, 6.45) is 9.65. The molecule has 0 aromatic carbocycles. The van der Waals surface area contributed by atoms with E-state index in [1.54, 1.807) is 0 Å². The highest BCUT2D eigenvalue weighted by molar-refractivity contribution is 5.39. The predicted molar refractivity (Wildman–Crippen MR) is 75.9 cm³/mol. The van der Waals surface area contributed by atoms with E-state index in [2.05, 4.69) is 11.9 Å². The number of hydrogen-bond acceptors (Lipinski definition) is 2. The van der Waals surface area contributed by atoms with Gasteiger partial charge in [0.1, 0.15) is 11.8 Å². The molecule has 0 saturated heterocycles. The van der Waals surface area contributed by atoms with Gasteiger partial charge in [-0.15, -0.1) is 0 Å². The molecule has 2 aromatic heterocycles. The molecule has 3 rings (SSSR count). The van der Waals surface area contributed by atoms with E-state index in [1.165, 1.54) is 19.3 Å². The summed E-state index contributed by atoms with van der Waals surface area (Å²) in [6, 6.07) is 5.95. The van der Waals surface area contributed by atoms with Crippen LogP contribution in [0.3, 0.4) is 0 Å². The molecule has 0 amide bonds. The van der Waals surface area contributed by atoms with Gasteiger partial charge in [0.25, 0.3) is 0 Å². The Morgan fingerprint density at radius 3 is 3.00 bits per heavy atom. The Hall–Kier alpha value is -1.35. The van der Waals surface area contributed by atoms with Gasteiger partial charge < -0.3 is 9.51 Å². The second kappa shape index (κ2) is 5.33. The van der Waals surface area contributed by atoms with Crippen molar-refractivity contribution in [3.63, 3.8) is 0 Å². The highest BCUT2D eigenvalue weighted by atomic mass is 16.3. The molecule has 2 heterocycles. The number of hydrogen-bond donors (Lipinski definition) is 1. The third-order valence-electron chi connectivity index (χ3n) is 4.58. The van der Waals surface area contributed by atoms with Crippen molar-refractivity contribution < 1.29 is 5.11 Å². The summed E-state index contributed by atoms with van der Waals surface area (Å²) >= 11 is 0. The molecule has 0 radical (unpaired) electrons. The average Bonchev–Trinajstić information content (AvgIpc) is 2.90. The second-order valence-electron chi connectivity index (χ2n) is 5.69. The third kappa shape index (κ3) is 2.39. The van der Waals surface area contributed by atoms with Crippen molar-refractivity contribution in [3.05, 3.63) is 36.3 Å². The van der Waals surface area contributed by atoms with Gasteiger partial charge in [-0.2, -0.15) is 0 Å². The van der Waals surface area contributed by atoms with Crippen LogP contribution in [0.25, 0.3) is 5.65 Å². The van der Waals surface area contributed by atoms with Crippen LogP contribution in [0.4, 0.5) is 0 Å². The highest BCUT2D eigenvalue weighted by Crippen LogP contribution is 2.39. The smallest absolute Gasteiger partial charge is 0.137 e. The maximum atomic E-state index is 10.7. The minimum absolute atomic E-state index is 0.378. The van der Waals surface area contributed by atoms with Crippen LogP contribution in [0.5, 0.6) is 0 Å². The molecule has 2 aromatic rings. The van der Waals surface area contributed by atoms with Gasteiger partial charge in [0, 0.05) is 12.4 Å². The van der Waals surface area contributed by atoms with Gasteiger partial charge in [-0.25, -0.2) is 4.98 Å². The molecule has 0 aliphatic heterocycles. The monoisotopic (exact) mass is 258 g/mol. The number of aliphatic hydroxyl groups is 1. The van der Waals surface area contributed by atoms with Crippen LogP contribution in [0.2, 0.25) is 0 Å². The van der Waals surface area contributed by atoms with Crippen LogP contribution in [0.1, 0.15) is 50.8 Å². The molecule has 19 heavy (non-hydrogen) atoms. The normalized spacial score (nSPS) is 25.6. The number of fused-ring (bicyclic) bond motifs is 1. The van der Waals surface area contributed by atoms with Crippen molar-refractivity contribution in [1.29, 1.82) is 0 Å². The average molecular weight is 258 g/mol. The standard InChI is InChI=1S/C16H22N2O/c1-2-12-7-3-4-8-13(12)16(19)14-11-18-10-6-5-9-15(18)17-14/h5-6,9-13,16,19H,2-4,7-8H2,1H3. The number of aliphatic hydroxyl groups excluding tert-OH is 1. The molecule has 0 spiro atoms. The fourth-order valence-electron chi connectivity index (χ4n) is 3.48. The van der Waals surface area contributed by atoms with Crippen molar-refractivity contribution in [2.45, 2.75) is 45.1 Å². The Labute approximate surface area is 114 Å². The first kappa shape index (κ1) is 12.7. The van der Waals surface area contributed by atoms with Gasteiger partial charge in [0.2, 0.25) is 0 Å². The van der Waals surface area contributed by atoms with Crippen molar-refractivity contribution in [2.24, 2.45) is 11.8 Å². The topological polar surface area (TPSA) is 37.5 Å². The van der Waals surface area contributed by atoms with E-state index >= 15 is 0 Å². The SMILES string of the molecule is CCC1CCCCC1C(O)c1cn2ccccc2n1. The number of imidazole rings is 1. The molecule has 102 valence electrons. The Balaban J connectivity index is 1.87. The first-order valence-corrected chi connectivity index (χ1v) is 7.41. The first-order chi connectivity index (χ1) is 9.29. The van der Waals surface area contributed by atoms with Gasteiger partial charge >= 0.3 is 0 Å². The van der Waals surface area contributed by atoms with Crippen molar-refractivity contribution in [3.8, 4) is 0 Å². The maximum Gasteiger partial charge on any atom is 0.137 e. The Morgan fingerprint density at radius 1 is 1.37 bits per heavy atom. The van der Waals surface area contributed by atoms with Crippen molar-refractivity contribution in [2.75, 3.05) is 0 Å². The van der Waals surface area contributed by atoms with E-state index in [0.29, 0.717) is 11.8 Å². The summed E-state index contributed by atoms with van der Waals surface area (Å²) in [6.45, 7) is 2.24. The number of aromatic nitrogens is 2. The van der Waals surface area contributed by atoms with Crippen LogP contribution in [0, 0.1) is 11.8 Å². The van der Waals surface area contributed by atoms with Crippen molar-refractivity contribution in [1.82, 2.24) is 9.38 Å². The second-order valence-corrected chi connectivity index (χ2v) is 5.69. The molecule has 1 N–H and O–H groups in total. The number of nitrogens with zero attached hydrogens (tertiary/aromatic N) is 2. The fourth-order valence-corrected chi connectivity index (χ4v) is 3.48. The van der Waals surface area contributed by atoms with Gasteiger partial charge in [0.15, 0.2) is 0 Å². The van der Waals surface area contributed by atoms with Gasteiger partial charge in [-0.3, -0.25) is 0 Å². The summed E-state index contributed by atoms with van der Waals surface area (Å²) in [4.78, 5) is 4.57. The van der Waals surface area contributed by atoms with E-state index in [1.807, 2.05) is 35.0 Å². The van der Waals surface area contributed by atoms with Crippen LogP contribution in [-0.4, -0.2) is 14.5 Å². The van der Waals surface area contributed by atoms with Gasteiger partial charge in [0.05, 0.1) is 5.69 Å². The highest BCUT2D eigenvalue weighted by Gasteiger charge is 2.31. The largest absolute Gasteiger partial charge is 0.386 e. The predicted octanol–water partition coefficient (Wildman–Crippen LogP) is 3.58.